The monoisotopic (exact) mass is 227 g/mol. The highest BCUT2D eigenvalue weighted by molar-refractivity contribution is 5.31. The fourth-order valence-electron chi connectivity index (χ4n) is 1.62. The Morgan fingerprint density at radius 2 is 1.88 bits per heavy atom. The Labute approximate surface area is 99.8 Å². The molecular weight excluding hydrogens is 214 g/mol. The topological polar surface area (TPSA) is 67.4 Å². The van der Waals surface area contributed by atoms with E-state index in [0.717, 1.165) is 22.6 Å². The smallest absolute Gasteiger partial charge is 0.216 e. The largest absolute Gasteiger partial charge is 0.252 e. The second-order valence-electron chi connectivity index (χ2n) is 4.01. The van der Waals surface area contributed by atoms with Crippen LogP contribution in [0.15, 0.2) is 6.07 Å². The lowest BCUT2D eigenvalue weighted by molar-refractivity contribution is 0.765. The van der Waals surface area contributed by atoms with Crippen molar-refractivity contribution in [3.63, 3.8) is 0 Å². The molecular formula is C12H13N5. The van der Waals surface area contributed by atoms with Crippen LogP contribution in [-0.2, 0) is 0 Å². The fraction of sp³-hybridized carbons (Fsp3) is 0.333. The Bertz CT molecular complexity index is 619. The van der Waals surface area contributed by atoms with Gasteiger partial charge >= 0.3 is 0 Å². The minimum Gasteiger partial charge on any atom is -0.216 e. The molecule has 0 bridgehead atoms. The van der Waals surface area contributed by atoms with Gasteiger partial charge in [-0.3, -0.25) is 0 Å². The third-order valence-corrected chi connectivity index (χ3v) is 2.80. The highest BCUT2D eigenvalue weighted by Crippen LogP contribution is 2.14. The molecule has 86 valence electrons. The molecule has 2 aromatic rings. The van der Waals surface area contributed by atoms with E-state index < -0.39 is 0 Å². The maximum atomic E-state index is 8.89. The molecule has 0 fully saturated rings. The molecule has 0 unspecified atom stereocenters. The van der Waals surface area contributed by atoms with Crippen molar-refractivity contribution in [3.05, 3.63) is 34.4 Å². The lowest BCUT2D eigenvalue weighted by Gasteiger charge is -2.03. The molecule has 0 aliphatic heterocycles. The minimum atomic E-state index is 0.359. The summed E-state index contributed by atoms with van der Waals surface area (Å²) < 4.78 is 1.68. The maximum Gasteiger partial charge on any atom is 0.252 e. The maximum absolute atomic E-state index is 8.89. The number of hydrogen-bond donors (Lipinski definition) is 0. The average molecular weight is 227 g/mol. The Kier molecular flexibility index (Phi) is 2.64. The normalized spacial score (nSPS) is 10.3. The molecule has 0 amide bonds. The van der Waals surface area contributed by atoms with Gasteiger partial charge in [-0.1, -0.05) is 0 Å². The van der Waals surface area contributed by atoms with Crippen LogP contribution in [0, 0.1) is 39.0 Å². The van der Waals surface area contributed by atoms with Crippen LogP contribution in [0.5, 0.6) is 0 Å². The third kappa shape index (κ3) is 1.89. The van der Waals surface area contributed by atoms with Gasteiger partial charge in [-0.25, -0.2) is 14.6 Å². The molecule has 2 aromatic heterocycles. The molecule has 0 saturated heterocycles. The van der Waals surface area contributed by atoms with E-state index in [9.17, 15) is 0 Å². The second-order valence-corrected chi connectivity index (χ2v) is 4.01. The molecule has 0 saturated carbocycles. The zero-order valence-electron chi connectivity index (χ0n) is 10.3. The summed E-state index contributed by atoms with van der Waals surface area (Å²) >= 11 is 0. The van der Waals surface area contributed by atoms with Crippen molar-refractivity contribution in [2.24, 2.45) is 0 Å². The van der Waals surface area contributed by atoms with Crippen LogP contribution in [0.25, 0.3) is 5.95 Å². The first kappa shape index (κ1) is 11.3. The Balaban J connectivity index is 2.65. The fourth-order valence-corrected chi connectivity index (χ4v) is 1.62. The Hall–Kier alpha value is -2.22. The third-order valence-electron chi connectivity index (χ3n) is 2.80. The molecule has 0 aliphatic rings. The van der Waals surface area contributed by atoms with Gasteiger partial charge in [0.2, 0.25) is 0 Å². The molecule has 0 radical (unpaired) electrons. The quantitative estimate of drug-likeness (QED) is 0.744. The van der Waals surface area contributed by atoms with Crippen LogP contribution < -0.4 is 0 Å². The summed E-state index contributed by atoms with van der Waals surface area (Å²) in [6.45, 7) is 7.76. The van der Waals surface area contributed by atoms with Crippen molar-refractivity contribution in [2.75, 3.05) is 0 Å². The Morgan fingerprint density at radius 1 is 1.18 bits per heavy atom. The predicted octanol–water partition coefficient (Wildman–Crippen LogP) is 1.77. The van der Waals surface area contributed by atoms with Gasteiger partial charge in [0, 0.05) is 11.4 Å². The minimum absolute atomic E-state index is 0.359. The van der Waals surface area contributed by atoms with E-state index in [-0.39, 0.29) is 0 Å². The van der Waals surface area contributed by atoms with Gasteiger partial charge < -0.3 is 0 Å². The molecule has 17 heavy (non-hydrogen) atoms. The lowest BCUT2D eigenvalue weighted by Crippen LogP contribution is -2.07. The average Bonchev–Trinajstić information content (AvgIpc) is 2.56. The Morgan fingerprint density at radius 3 is 2.41 bits per heavy atom. The van der Waals surface area contributed by atoms with Crippen LogP contribution in [-0.4, -0.2) is 19.7 Å². The van der Waals surface area contributed by atoms with Gasteiger partial charge in [0.25, 0.3) is 5.95 Å². The van der Waals surface area contributed by atoms with Crippen molar-refractivity contribution < 1.29 is 0 Å². The molecule has 0 spiro atoms. The summed E-state index contributed by atoms with van der Waals surface area (Å²) in [5, 5.41) is 13.3. The molecule has 5 nitrogen and oxygen atoms in total. The zero-order valence-corrected chi connectivity index (χ0v) is 10.3. The first-order valence-electron chi connectivity index (χ1n) is 5.32. The van der Waals surface area contributed by atoms with Gasteiger partial charge in [0.15, 0.2) is 0 Å². The zero-order chi connectivity index (χ0) is 12.6. The van der Waals surface area contributed by atoms with Crippen LogP contribution in [0.4, 0.5) is 0 Å². The van der Waals surface area contributed by atoms with E-state index in [2.05, 4.69) is 15.1 Å². The number of rotatable bonds is 1. The molecule has 0 atom stereocenters. The summed E-state index contributed by atoms with van der Waals surface area (Å²) in [5.41, 5.74) is 4.19. The summed E-state index contributed by atoms with van der Waals surface area (Å²) in [6.07, 6.45) is 0. The SMILES string of the molecule is Cc1cc(C#N)nc(-n2nc(C)c(C)c2C)n1. The standard InChI is InChI=1S/C12H13N5/c1-7-5-11(6-13)15-12(14-7)17-10(4)8(2)9(3)16-17/h5H,1-4H3. The number of aryl methyl sites for hydroxylation is 2. The molecule has 0 N–H and O–H groups in total. The summed E-state index contributed by atoms with van der Waals surface area (Å²) in [7, 11) is 0. The van der Waals surface area contributed by atoms with E-state index in [4.69, 9.17) is 5.26 Å². The lowest BCUT2D eigenvalue weighted by atomic mass is 10.2. The molecule has 2 rings (SSSR count). The highest BCUT2D eigenvalue weighted by atomic mass is 15.4. The van der Waals surface area contributed by atoms with Crippen LogP contribution in [0.1, 0.15) is 28.3 Å². The van der Waals surface area contributed by atoms with Crippen molar-refractivity contribution in [1.29, 1.82) is 5.26 Å². The first-order valence-corrected chi connectivity index (χ1v) is 5.32. The van der Waals surface area contributed by atoms with Crippen LogP contribution in [0.3, 0.4) is 0 Å². The van der Waals surface area contributed by atoms with E-state index >= 15 is 0 Å². The summed E-state index contributed by atoms with van der Waals surface area (Å²) in [6, 6.07) is 3.68. The van der Waals surface area contributed by atoms with Crippen LogP contribution >= 0.6 is 0 Å². The number of nitriles is 1. The first-order chi connectivity index (χ1) is 8.02. The van der Waals surface area contributed by atoms with E-state index in [1.807, 2.05) is 33.8 Å². The van der Waals surface area contributed by atoms with Gasteiger partial charge in [0.05, 0.1) is 5.69 Å². The summed E-state index contributed by atoms with van der Waals surface area (Å²) in [4.78, 5) is 8.47. The molecule has 5 heteroatoms. The number of nitrogens with zero attached hydrogens (tertiary/aromatic N) is 5. The van der Waals surface area contributed by atoms with Crippen LogP contribution in [0.2, 0.25) is 0 Å². The van der Waals surface area contributed by atoms with E-state index in [1.54, 1.807) is 10.7 Å². The number of hydrogen-bond acceptors (Lipinski definition) is 4. The van der Waals surface area contributed by atoms with Gasteiger partial charge in [-0.05, 0) is 39.3 Å². The van der Waals surface area contributed by atoms with E-state index in [0.29, 0.717) is 11.6 Å². The second kappa shape index (κ2) is 3.98. The number of aromatic nitrogens is 4. The highest BCUT2D eigenvalue weighted by Gasteiger charge is 2.12. The molecule has 2 heterocycles. The summed E-state index contributed by atoms with van der Waals surface area (Å²) in [5.74, 6) is 0.454. The van der Waals surface area contributed by atoms with Crippen molar-refractivity contribution in [2.45, 2.75) is 27.7 Å². The predicted molar refractivity (Wildman–Crippen MR) is 62.8 cm³/mol. The van der Waals surface area contributed by atoms with Gasteiger partial charge in [0.1, 0.15) is 11.8 Å². The molecule has 0 aromatic carbocycles. The van der Waals surface area contributed by atoms with Crippen molar-refractivity contribution in [3.8, 4) is 12.0 Å². The van der Waals surface area contributed by atoms with Crippen molar-refractivity contribution in [1.82, 2.24) is 19.7 Å². The van der Waals surface area contributed by atoms with Crippen molar-refractivity contribution >= 4 is 0 Å². The van der Waals surface area contributed by atoms with E-state index in [1.165, 1.54) is 0 Å². The van der Waals surface area contributed by atoms with Gasteiger partial charge in [-0.15, -0.1) is 0 Å². The molecule has 0 aliphatic carbocycles. The van der Waals surface area contributed by atoms with Gasteiger partial charge in [-0.2, -0.15) is 10.4 Å².